The van der Waals surface area contributed by atoms with Gasteiger partial charge in [-0.15, -0.1) is 0 Å². The molecule has 1 saturated heterocycles. The van der Waals surface area contributed by atoms with Gasteiger partial charge in [0.1, 0.15) is 29.6 Å². The van der Waals surface area contributed by atoms with Crippen LogP contribution in [0.25, 0.3) is 0 Å². The van der Waals surface area contributed by atoms with Gasteiger partial charge in [0, 0.05) is 49.2 Å². The zero-order valence-electron chi connectivity index (χ0n) is 35.4. The molecule has 0 amide bonds. The molecule has 62 heavy (non-hydrogen) atoms. The number of nitrogens with zero attached hydrogens (tertiary/aromatic N) is 7. The van der Waals surface area contributed by atoms with Crippen molar-refractivity contribution in [3.05, 3.63) is 81.9 Å². The number of anilines is 4. The summed E-state index contributed by atoms with van der Waals surface area (Å²) in [4.78, 5) is 71.2. The Hall–Kier alpha value is -6.16. The second-order valence-corrected chi connectivity index (χ2v) is 15.7. The summed E-state index contributed by atoms with van der Waals surface area (Å²) in [6, 6.07) is 16.2. The van der Waals surface area contributed by atoms with E-state index in [-0.39, 0.29) is 74.7 Å². The van der Waals surface area contributed by atoms with Gasteiger partial charge >= 0.3 is 18.0 Å². The molecule has 0 atom stereocenters. The van der Waals surface area contributed by atoms with Crippen LogP contribution < -0.4 is 30.7 Å². The Kier molecular flexibility index (Phi) is 17.1. The number of rotatable bonds is 16. The number of nitrogens with two attached hydrogens (primary N) is 2. The summed E-state index contributed by atoms with van der Waals surface area (Å²) in [5.41, 5.74) is 17.4. The summed E-state index contributed by atoms with van der Waals surface area (Å²) in [6.07, 6.45) is 6.76. The number of ether oxygens (including phenoxy) is 3. The molecule has 0 aliphatic carbocycles. The summed E-state index contributed by atoms with van der Waals surface area (Å²) in [7, 11) is 1.45. The maximum Gasteiger partial charge on any atom is 0.320 e. The number of nitrogen functional groups attached to an aromatic ring is 2. The molecule has 0 saturated carbocycles. The average molecular weight is 852 g/mol. The lowest BCUT2D eigenvalue weighted by Crippen LogP contribution is -2.37. The van der Waals surface area contributed by atoms with E-state index >= 15 is 0 Å². The van der Waals surface area contributed by atoms with Crippen LogP contribution in [0.2, 0.25) is 0 Å². The molecule has 4 aromatic rings. The molecule has 16 nitrogen and oxygen atoms in total. The van der Waals surface area contributed by atoms with Crippen LogP contribution in [0, 0.1) is 5.92 Å². The second-order valence-electron chi connectivity index (χ2n) is 15.7. The van der Waals surface area contributed by atoms with E-state index in [0.29, 0.717) is 60.4 Å². The first-order valence-electron chi connectivity index (χ1n) is 21.1. The lowest BCUT2D eigenvalue weighted by atomic mass is 9.96. The van der Waals surface area contributed by atoms with E-state index in [1.165, 1.54) is 12.7 Å². The van der Waals surface area contributed by atoms with Gasteiger partial charge in [0.2, 0.25) is 0 Å². The molecule has 2 aromatic heterocycles. The largest absolute Gasteiger partial charge is 0.469 e. The number of likely N-dealkylation sites (tertiary alicyclic amines) is 1. The van der Waals surface area contributed by atoms with Crippen molar-refractivity contribution in [3.63, 3.8) is 0 Å². The number of unbranched alkanes of at least 4 members (excludes halogenated alkanes) is 2. The number of aromatic nitrogens is 4. The number of aldehydes is 1. The van der Waals surface area contributed by atoms with Crippen LogP contribution in [-0.4, -0.2) is 95.2 Å². The lowest BCUT2D eigenvalue weighted by molar-refractivity contribution is -0.147. The smallest absolute Gasteiger partial charge is 0.320 e. The highest BCUT2D eigenvalue weighted by atomic mass is 16.5. The molecule has 3 aliphatic rings. The monoisotopic (exact) mass is 851 g/mol. The predicted octanol–water partition coefficient (Wildman–Crippen LogP) is 5.57. The van der Waals surface area contributed by atoms with Crippen LogP contribution >= 0.6 is 0 Å². The molecule has 5 heterocycles. The van der Waals surface area contributed by atoms with Crippen molar-refractivity contribution in [1.82, 2.24) is 24.8 Å². The number of hydrogen-bond acceptors (Lipinski definition) is 16. The highest BCUT2D eigenvalue weighted by Gasteiger charge is 2.30. The van der Waals surface area contributed by atoms with E-state index in [1.54, 1.807) is 12.1 Å². The molecule has 0 bridgehead atoms. The van der Waals surface area contributed by atoms with Gasteiger partial charge in [0.05, 0.1) is 39.3 Å². The number of esters is 1. The van der Waals surface area contributed by atoms with E-state index in [9.17, 15) is 19.2 Å². The topological polar surface area (TPSA) is 209 Å². The quantitative estimate of drug-likeness (QED) is 0.0802. The van der Waals surface area contributed by atoms with Crippen molar-refractivity contribution in [3.8, 4) is 12.0 Å². The highest BCUT2D eigenvalue weighted by Crippen LogP contribution is 2.32. The Bertz CT molecular complexity index is 2180. The van der Waals surface area contributed by atoms with Crippen molar-refractivity contribution in [2.45, 2.75) is 92.3 Å². The second kappa shape index (κ2) is 22.6. The molecule has 0 radical (unpaired) electrons. The number of ketones is 2. The Morgan fingerprint density at radius 3 is 1.71 bits per heavy atom. The fourth-order valence-corrected chi connectivity index (χ4v) is 7.67. The number of carbonyl (C=O) groups is 4. The molecule has 16 heteroatoms. The third-order valence-electron chi connectivity index (χ3n) is 10.9. The minimum Gasteiger partial charge on any atom is -0.469 e. The average Bonchev–Trinajstić information content (AvgIpc) is 3.25. The minimum absolute atomic E-state index is 0. The highest BCUT2D eigenvalue weighted by molar-refractivity contribution is 5.92. The Morgan fingerprint density at radius 2 is 1.23 bits per heavy atom. The number of piperidine rings is 1. The third-order valence-corrected chi connectivity index (χ3v) is 10.9. The van der Waals surface area contributed by atoms with Crippen LogP contribution in [0.15, 0.2) is 48.5 Å². The van der Waals surface area contributed by atoms with Crippen LogP contribution in [0.5, 0.6) is 12.0 Å². The summed E-state index contributed by atoms with van der Waals surface area (Å²) in [5, 5.41) is 0. The molecule has 332 valence electrons. The minimum atomic E-state index is -0.105. The number of Topliss-reactive ketones (excluding diaryl/α,β-unsaturated/α-hetero) is 2. The van der Waals surface area contributed by atoms with Gasteiger partial charge in [-0.25, -0.2) is 0 Å². The molecular formula is C46H61N9O7. The molecule has 3 aliphatic heterocycles. The summed E-state index contributed by atoms with van der Waals surface area (Å²) in [6.45, 7) is 9.30. The molecule has 7 rings (SSSR count). The van der Waals surface area contributed by atoms with E-state index in [0.717, 1.165) is 75.6 Å². The summed E-state index contributed by atoms with van der Waals surface area (Å²) in [5.74, 6) is 1.94. The van der Waals surface area contributed by atoms with E-state index in [1.807, 2.05) is 28.0 Å². The van der Waals surface area contributed by atoms with Gasteiger partial charge < -0.3 is 35.5 Å². The number of benzene rings is 2. The van der Waals surface area contributed by atoms with E-state index in [4.69, 9.17) is 25.7 Å². The zero-order valence-corrected chi connectivity index (χ0v) is 35.4. The first-order valence-corrected chi connectivity index (χ1v) is 21.1. The van der Waals surface area contributed by atoms with Crippen molar-refractivity contribution in [2.75, 3.05) is 67.8 Å². The zero-order chi connectivity index (χ0) is 43.3. The summed E-state index contributed by atoms with van der Waals surface area (Å²) >= 11 is 0. The maximum absolute atomic E-state index is 12.5. The van der Waals surface area contributed by atoms with Crippen LogP contribution in [0.1, 0.15) is 98.0 Å². The molecular weight excluding hydrogens is 791 g/mol. The van der Waals surface area contributed by atoms with Crippen molar-refractivity contribution in [2.24, 2.45) is 5.92 Å². The normalized spacial score (nSPS) is 15.1. The van der Waals surface area contributed by atoms with Crippen LogP contribution in [0.4, 0.5) is 23.3 Å². The number of hydrogen-bond donors (Lipinski definition) is 2. The fraction of sp³-hybridized carbons (Fsp3) is 0.478. The molecule has 0 unspecified atom stereocenters. The Morgan fingerprint density at radius 1 is 0.742 bits per heavy atom. The number of methoxy groups -OCH3 is 1. The van der Waals surface area contributed by atoms with Gasteiger partial charge in [-0.05, 0) is 61.5 Å². The summed E-state index contributed by atoms with van der Waals surface area (Å²) < 4.78 is 16.2. The molecule has 1 fully saturated rings. The van der Waals surface area contributed by atoms with Crippen LogP contribution in [-0.2, 0) is 51.6 Å². The number of fused-ring (bicyclic) bond motifs is 2. The number of carbonyl (C=O) groups excluding carboxylic acids is 4. The van der Waals surface area contributed by atoms with E-state index < -0.39 is 0 Å². The van der Waals surface area contributed by atoms with Crippen molar-refractivity contribution >= 4 is 47.1 Å². The molecule has 4 N–H and O–H groups in total. The molecule has 0 spiro atoms. The van der Waals surface area contributed by atoms with Gasteiger partial charge in [-0.1, -0.05) is 76.6 Å². The van der Waals surface area contributed by atoms with Gasteiger partial charge in [-0.2, -0.15) is 19.9 Å². The SMILES string of the molecule is C.CCCCOc1nc(N)c2c(n1)N(Cc1cccc(C=O)c1)CC(=O)C2.CCCCOc1nc(N)c2c(n1)N(Cc1cccc(CN3CCC(C(=O)OC)CC3)c1)CC(=O)C2. The molecule has 2 aromatic carbocycles. The fourth-order valence-electron chi connectivity index (χ4n) is 7.67. The van der Waals surface area contributed by atoms with Gasteiger partial charge in [0.15, 0.2) is 11.6 Å². The maximum atomic E-state index is 12.5. The first kappa shape index (κ1) is 46.9. The van der Waals surface area contributed by atoms with Crippen molar-refractivity contribution < 1.29 is 33.4 Å². The van der Waals surface area contributed by atoms with Crippen LogP contribution in [0.3, 0.4) is 0 Å². The Balaban J connectivity index is 0.000000240. The third kappa shape index (κ3) is 12.5. The van der Waals surface area contributed by atoms with Gasteiger partial charge in [0.25, 0.3) is 0 Å². The lowest BCUT2D eigenvalue weighted by Gasteiger charge is -2.31. The van der Waals surface area contributed by atoms with Crippen molar-refractivity contribution in [1.29, 1.82) is 0 Å². The standard InChI is InChI=1S/C26H35N5O4.C19H22N4O3.CH4/c1-3-4-12-35-26-28-23(27)22-14-21(32)17-31(24(22)29-26)16-19-7-5-6-18(13-19)15-30-10-8-20(9-11-30)25(33)34-2;1-2-3-7-26-19-21-17(20)16-9-15(25)11-23(18(16)22-19)10-13-5-4-6-14(8-13)12-24;/h5-7,13,20H,3-4,8-12,14-17H2,1-2H3,(H2,27,28,29);4-6,8,12H,2-3,7,9-11H2,1H3,(H2,20,21,22);1H4. The predicted molar refractivity (Wildman–Crippen MR) is 238 cm³/mol. The Labute approximate surface area is 364 Å². The first-order chi connectivity index (χ1) is 29.6. The van der Waals surface area contributed by atoms with E-state index in [2.05, 4.69) is 56.9 Å². The van der Waals surface area contributed by atoms with Gasteiger partial charge in [-0.3, -0.25) is 24.1 Å².